The lowest BCUT2D eigenvalue weighted by Crippen LogP contribution is -2.26. The Balaban J connectivity index is 1.80. The summed E-state index contributed by atoms with van der Waals surface area (Å²) in [6.45, 7) is 0.735. The van der Waals surface area contributed by atoms with E-state index < -0.39 is 57.5 Å². The maximum Gasteiger partial charge on any atom is 0.341 e. The summed E-state index contributed by atoms with van der Waals surface area (Å²) < 4.78 is 44.6. The summed E-state index contributed by atoms with van der Waals surface area (Å²) in [5, 5.41) is 19.0. The molecule has 3 heterocycles. The molecule has 4 N–H and O–H groups in total. The second kappa shape index (κ2) is 7.88. The van der Waals surface area contributed by atoms with Crippen molar-refractivity contribution in [3.05, 3.63) is 56.6 Å². The SMILES string of the molecule is Nc1nc(-n2cc(C(=O)O)c(=O)c3cc(F)c(N4CC5CC[C@@H](O)C5C4)c(Cl)c32)c(F)cc1F. The van der Waals surface area contributed by atoms with Crippen LogP contribution in [-0.2, 0) is 0 Å². The predicted octanol–water partition coefficient (Wildman–Crippen LogP) is 2.94. The van der Waals surface area contributed by atoms with Gasteiger partial charge < -0.3 is 20.8 Å². The minimum Gasteiger partial charge on any atom is -0.477 e. The van der Waals surface area contributed by atoms with Crippen molar-refractivity contribution in [3.63, 3.8) is 0 Å². The minimum absolute atomic E-state index is 0.0671. The summed E-state index contributed by atoms with van der Waals surface area (Å²) in [5.74, 6) is -6.06. The number of rotatable bonds is 3. The van der Waals surface area contributed by atoms with Gasteiger partial charge in [0.05, 0.1) is 27.7 Å². The van der Waals surface area contributed by atoms with Crippen molar-refractivity contribution in [2.75, 3.05) is 23.7 Å². The summed E-state index contributed by atoms with van der Waals surface area (Å²) in [5.41, 5.74) is 3.39. The maximum atomic E-state index is 15.3. The number of nitrogens with two attached hydrogens (primary N) is 1. The van der Waals surface area contributed by atoms with Crippen LogP contribution in [0.1, 0.15) is 23.2 Å². The number of nitrogen functional groups attached to an aromatic ring is 1. The van der Waals surface area contributed by atoms with Gasteiger partial charge in [0.1, 0.15) is 11.4 Å². The van der Waals surface area contributed by atoms with Gasteiger partial charge in [-0.15, -0.1) is 0 Å². The molecule has 1 saturated carbocycles. The second-order valence-corrected chi connectivity index (χ2v) is 8.98. The van der Waals surface area contributed by atoms with Crippen molar-refractivity contribution >= 4 is 40.0 Å². The van der Waals surface area contributed by atoms with Gasteiger partial charge in [-0.1, -0.05) is 11.6 Å². The Labute approximate surface area is 195 Å². The number of aromatic nitrogens is 2. The normalized spacial score (nSPS) is 21.9. The highest BCUT2D eigenvalue weighted by atomic mass is 35.5. The molecule has 1 saturated heterocycles. The Morgan fingerprint density at radius 1 is 1.15 bits per heavy atom. The van der Waals surface area contributed by atoms with Crippen LogP contribution in [0.5, 0.6) is 0 Å². The summed E-state index contributed by atoms with van der Waals surface area (Å²) >= 11 is 6.60. The molecular formula is C22H18ClF3N4O4. The number of anilines is 2. The first-order valence-electron chi connectivity index (χ1n) is 10.4. The number of nitrogens with zero attached hydrogens (tertiary/aromatic N) is 3. The van der Waals surface area contributed by atoms with Crippen LogP contribution >= 0.6 is 11.6 Å². The van der Waals surface area contributed by atoms with Gasteiger partial charge in [0, 0.05) is 31.3 Å². The van der Waals surface area contributed by atoms with E-state index in [1.807, 2.05) is 0 Å². The largest absolute Gasteiger partial charge is 0.477 e. The van der Waals surface area contributed by atoms with Crippen molar-refractivity contribution < 1.29 is 28.2 Å². The zero-order chi connectivity index (χ0) is 24.5. The molecule has 2 fully saturated rings. The number of carbonyl (C=O) groups is 1. The fourth-order valence-electron chi connectivity index (χ4n) is 5.07. The molecule has 1 aliphatic carbocycles. The van der Waals surface area contributed by atoms with Gasteiger partial charge in [-0.2, -0.15) is 0 Å². The molecule has 3 aromatic rings. The second-order valence-electron chi connectivity index (χ2n) is 8.60. The summed E-state index contributed by atoms with van der Waals surface area (Å²) in [7, 11) is 0. The van der Waals surface area contributed by atoms with Gasteiger partial charge in [-0.05, 0) is 24.8 Å². The summed E-state index contributed by atoms with van der Waals surface area (Å²) in [6, 6.07) is 1.31. The molecule has 2 unspecified atom stereocenters. The molecule has 5 rings (SSSR count). The van der Waals surface area contributed by atoms with Crippen molar-refractivity contribution in [2.45, 2.75) is 18.9 Å². The molecule has 0 amide bonds. The number of carboxylic acids is 1. The average Bonchev–Trinajstić information content (AvgIpc) is 3.33. The van der Waals surface area contributed by atoms with Gasteiger partial charge in [0.15, 0.2) is 23.3 Å². The number of fused-ring (bicyclic) bond motifs is 2. The van der Waals surface area contributed by atoms with Crippen molar-refractivity contribution in [1.82, 2.24) is 9.55 Å². The lowest BCUT2D eigenvalue weighted by molar-refractivity contribution is 0.0695. The van der Waals surface area contributed by atoms with Crippen molar-refractivity contribution in [1.29, 1.82) is 0 Å². The smallest absolute Gasteiger partial charge is 0.341 e. The first-order valence-corrected chi connectivity index (χ1v) is 10.8. The predicted molar refractivity (Wildman–Crippen MR) is 118 cm³/mol. The molecule has 12 heteroatoms. The number of carboxylic acid groups (broad SMARTS) is 1. The zero-order valence-electron chi connectivity index (χ0n) is 17.4. The number of aliphatic hydroxyl groups excluding tert-OH is 1. The standard InChI is InChI=1S/C22H18ClF3N4O4/c23-16-17-9(3-12(24)18(16)29-5-8-1-2-15(31)10(8)6-29)19(32)11(22(33)34)7-30(17)21-14(26)4-13(25)20(27)28-21/h3-4,7-8,10,15,31H,1-2,5-6H2,(H2,27,28)(H,33,34)/t8?,10?,15-/m1/s1. The fourth-order valence-corrected chi connectivity index (χ4v) is 5.48. The Bertz CT molecular complexity index is 1430. The minimum atomic E-state index is -1.64. The average molecular weight is 495 g/mol. The van der Waals surface area contributed by atoms with Gasteiger partial charge >= 0.3 is 5.97 Å². The van der Waals surface area contributed by atoms with Crippen molar-refractivity contribution in [3.8, 4) is 5.82 Å². The van der Waals surface area contributed by atoms with E-state index in [0.29, 0.717) is 25.6 Å². The third-order valence-corrected chi connectivity index (χ3v) is 7.05. The highest BCUT2D eigenvalue weighted by Gasteiger charge is 2.43. The number of aromatic carboxylic acids is 1. The summed E-state index contributed by atoms with van der Waals surface area (Å²) in [4.78, 5) is 29.8. The van der Waals surface area contributed by atoms with Crippen LogP contribution in [0, 0.1) is 29.3 Å². The van der Waals surface area contributed by atoms with Gasteiger partial charge in [0.25, 0.3) is 0 Å². The van der Waals surface area contributed by atoms with Crippen LogP contribution < -0.4 is 16.1 Å². The molecule has 1 aliphatic heterocycles. The van der Waals surface area contributed by atoms with E-state index in [0.717, 1.165) is 23.3 Å². The molecule has 3 atom stereocenters. The molecule has 2 aromatic heterocycles. The lowest BCUT2D eigenvalue weighted by atomic mass is 10.00. The molecule has 0 bridgehead atoms. The van der Waals surface area contributed by atoms with Gasteiger partial charge in [0.2, 0.25) is 5.43 Å². The number of hydrogen-bond acceptors (Lipinski definition) is 6. The molecule has 178 valence electrons. The van der Waals surface area contributed by atoms with E-state index in [1.165, 1.54) is 0 Å². The highest BCUT2D eigenvalue weighted by Crippen LogP contribution is 2.44. The Hall–Kier alpha value is -3.31. The monoisotopic (exact) mass is 494 g/mol. The van der Waals surface area contributed by atoms with E-state index in [4.69, 9.17) is 17.3 Å². The zero-order valence-corrected chi connectivity index (χ0v) is 18.2. The van der Waals surface area contributed by atoms with Crippen LogP contribution in [0.25, 0.3) is 16.7 Å². The first kappa shape index (κ1) is 22.5. The van der Waals surface area contributed by atoms with Crippen LogP contribution in [0.15, 0.2) is 23.1 Å². The van der Waals surface area contributed by atoms with E-state index in [9.17, 15) is 28.6 Å². The third kappa shape index (κ3) is 3.30. The number of halogens is 4. The molecule has 1 aromatic carbocycles. The van der Waals surface area contributed by atoms with E-state index >= 15 is 4.39 Å². The topological polar surface area (TPSA) is 122 Å². The molecule has 34 heavy (non-hydrogen) atoms. The van der Waals surface area contributed by atoms with Gasteiger partial charge in [-0.25, -0.2) is 22.9 Å². The van der Waals surface area contributed by atoms with Crippen molar-refractivity contribution in [2.24, 2.45) is 11.8 Å². The number of aliphatic hydroxyl groups is 1. The van der Waals surface area contributed by atoms with Crippen LogP contribution in [0.3, 0.4) is 0 Å². The molecule has 0 radical (unpaired) electrons. The number of hydrogen-bond donors (Lipinski definition) is 3. The maximum absolute atomic E-state index is 15.3. The Morgan fingerprint density at radius 2 is 1.88 bits per heavy atom. The van der Waals surface area contributed by atoms with Crippen LogP contribution in [0.2, 0.25) is 5.02 Å². The summed E-state index contributed by atoms with van der Waals surface area (Å²) in [6.07, 6.45) is 1.71. The van der Waals surface area contributed by atoms with E-state index in [2.05, 4.69) is 4.98 Å². The fraction of sp³-hybridized carbons (Fsp3) is 0.318. The highest BCUT2D eigenvalue weighted by molar-refractivity contribution is 6.38. The van der Waals surface area contributed by atoms with E-state index in [-0.39, 0.29) is 28.1 Å². The Morgan fingerprint density at radius 3 is 2.56 bits per heavy atom. The van der Waals surface area contributed by atoms with Crippen LogP contribution in [0.4, 0.5) is 24.7 Å². The molecular weight excluding hydrogens is 477 g/mol. The number of benzene rings is 1. The first-order chi connectivity index (χ1) is 16.1. The molecule has 2 aliphatic rings. The van der Waals surface area contributed by atoms with Crippen LogP contribution in [-0.4, -0.2) is 44.9 Å². The molecule has 8 nitrogen and oxygen atoms in total. The lowest BCUT2D eigenvalue weighted by Gasteiger charge is -2.24. The quantitative estimate of drug-likeness (QED) is 0.511. The van der Waals surface area contributed by atoms with Gasteiger partial charge in [-0.3, -0.25) is 9.36 Å². The number of pyridine rings is 2. The Kier molecular flexibility index (Phi) is 5.21. The molecule has 0 spiro atoms. The van der Waals surface area contributed by atoms with E-state index in [1.54, 1.807) is 4.90 Å². The third-order valence-electron chi connectivity index (χ3n) is 6.69.